The fraction of sp³-hybridized carbons (Fsp3) is 0.107. The Morgan fingerprint density at radius 3 is 2.54 bits per heavy atom. The van der Waals surface area contributed by atoms with Gasteiger partial charge in [0.25, 0.3) is 5.91 Å². The Hall–Kier alpha value is -4.83. The molecular weight excluding hydrogens is 444 g/mol. The van der Waals surface area contributed by atoms with Gasteiger partial charge < -0.3 is 19.9 Å². The molecule has 7 heteroatoms. The minimum atomic E-state index is -1.12. The van der Waals surface area contributed by atoms with E-state index < -0.39 is 11.9 Å². The standard InChI is InChI=1S/C28H24N2O5/c1-3-8-21-13-20(15-25(34-2)26(21)35-18-19-9-5-4-6-10-19)14-23(17-29)27(31)30-24-12-7-11-22(16-24)28(32)33/h3-7,9-16H,1,8,18H2,2H3,(H,30,31)(H,32,33)/b23-14-. The molecule has 176 valence electrons. The number of carbonyl (C=O) groups is 2. The molecule has 0 spiro atoms. The molecule has 3 aromatic carbocycles. The van der Waals surface area contributed by atoms with E-state index in [1.54, 1.807) is 24.3 Å². The summed E-state index contributed by atoms with van der Waals surface area (Å²) in [4.78, 5) is 23.9. The molecule has 0 aliphatic rings. The first kappa shape index (κ1) is 24.8. The number of aromatic carboxylic acids is 1. The van der Waals surface area contributed by atoms with E-state index in [1.165, 1.54) is 31.4 Å². The first-order chi connectivity index (χ1) is 16.9. The van der Waals surface area contributed by atoms with Gasteiger partial charge in [0.05, 0.1) is 12.7 Å². The molecule has 35 heavy (non-hydrogen) atoms. The van der Waals surface area contributed by atoms with E-state index in [9.17, 15) is 14.9 Å². The molecular formula is C28H24N2O5. The van der Waals surface area contributed by atoms with Crippen LogP contribution in [-0.2, 0) is 17.8 Å². The third-order valence-electron chi connectivity index (χ3n) is 5.01. The monoisotopic (exact) mass is 468 g/mol. The molecule has 0 aliphatic heterocycles. The highest BCUT2D eigenvalue weighted by Crippen LogP contribution is 2.35. The van der Waals surface area contributed by atoms with E-state index in [4.69, 9.17) is 14.6 Å². The second-order valence-corrected chi connectivity index (χ2v) is 7.49. The number of carbonyl (C=O) groups excluding carboxylic acids is 1. The number of amides is 1. The van der Waals surface area contributed by atoms with Gasteiger partial charge in [0.2, 0.25) is 0 Å². The van der Waals surface area contributed by atoms with Gasteiger partial charge in [0, 0.05) is 11.3 Å². The second-order valence-electron chi connectivity index (χ2n) is 7.49. The Morgan fingerprint density at radius 2 is 1.89 bits per heavy atom. The number of benzene rings is 3. The van der Waals surface area contributed by atoms with Gasteiger partial charge in [-0.25, -0.2) is 4.79 Å². The van der Waals surface area contributed by atoms with E-state index in [-0.39, 0.29) is 16.8 Å². The van der Waals surface area contributed by atoms with Gasteiger partial charge in [-0.15, -0.1) is 6.58 Å². The zero-order chi connectivity index (χ0) is 25.2. The van der Waals surface area contributed by atoms with Crippen molar-refractivity contribution in [2.45, 2.75) is 13.0 Å². The van der Waals surface area contributed by atoms with Crippen molar-refractivity contribution in [2.75, 3.05) is 12.4 Å². The molecule has 0 saturated heterocycles. The van der Waals surface area contributed by atoms with Crippen molar-refractivity contribution in [3.63, 3.8) is 0 Å². The lowest BCUT2D eigenvalue weighted by Gasteiger charge is -2.16. The maximum Gasteiger partial charge on any atom is 0.335 e. The normalized spacial score (nSPS) is 10.7. The zero-order valence-electron chi connectivity index (χ0n) is 19.2. The minimum Gasteiger partial charge on any atom is -0.493 e. The van der Waals surface area contributed by atoms with Gasteiger partial charge in [0.1, 0.15) is 18.2 Å². The first-order valence-electron chi connectivity index (χ1n) is 10.7. The number of anilines is 1. The third-order valence-corrected chi connectivity index (χ3v) is 5.01. The van der Waals surface area contributed by atoms with E-state index in [1.807, 2.05) is 36.4 Å². The average Bonchev–Trinajstić information content (AvgIpc) is 2.87. The van der Waals surface area contributed by atoms with Crippen LogP contribution >= 0.6 is 0 Å². The highest BCUT2D eigenvalue weighted by Gasteiger charge is 2.15. The molecule has 7 nitrogen and oxygen atoms in total. The van der Waals surface area contributed by atoms with Gasteiger partial charge in [-0.2, -0.15) is 5.26 Å². The van der Waals surface area contributed by atoms with Crippen molar-refractivity contribution in [2.24, 2.45) is 0 Å². The number of nitrogens with one attached hydrogen (secondary N) is 1. The molecule has 3 aromatic rings. The van der Waals surface area contributed by atoms with Gasteiger partial charge in [-0.1, -0.05) is 42.5 Å². The lowest BCUT2D eigenvalue weighted by Crippen LogP contribution is -2.14. The summed E-state index contributed by atoms with van der Waals surface area (Å²) >= 11 is 0. The Morgan fingerprint density at radius 1 is 1.11 bits per heavy atom. The zero-order valence-corrected chi connectivity index (χ0v) is 19.2. The fourth-order valence-electron chi connectivity index (χ4n) is 3.36. The summed E-state index contributed by atoms with van der Waals surface area (Å²) in [7, 11) is 1.52. The van der Waals surface area contributed by atoms with E-state index >= 15 is 0 Å². The van der Waals surface area contributed by atoms with Crippen molar-refractivity contribution in [1.29, 1.82) is 5.26 Å². The third kappa shape index (κ3) is 6.59. The van der Waals surface area contributed by atoms with Crippen LogP contribution in [0.15, 0.2) is 85.0 Å². The number of methoxy groups -OCH3 is 1. The molecule has 0 aliphatic carbocycles. The van der Waals surface area contributed by atoms with Crippen LogP contribution in [0.2, 0.25) is 0 Å². The number of carboxylic acid groups (broad SMARTS) is 1. The van der Waals surface area contributed by atoms with Crippen LogP contribution in [0, 0.1) is 11.3 Å². The van der Waals surface area contributed by atoms with Crippen molar-refractivity contribution < 1.29 is 24.2 Å². The smallest absolute Gasteiger partial charge is 0.335 e. The lowest BCUT2D eigenvalue weighted by molar-refractivity contribution is -0.112. The van der Waals surface area contributed by atoms with Gasteiger partial charge in [-0.3, -0.25) is 4.79 Å². The molecule has 0 unspecified atom stereocenters. The summed E-state index contributed by atoms with van der Waals surface area (Å²) in [6.07, 6.45) is 3.65. The molecule has 3 rings (SSSR count). The summed E-state index contributed by atoms with van der Waals surface area (Å²) in [5, 5.41) is 21.3. The molecule has 1 amide bonds. The number of ether oxygens (including phenoxy) is 2. The van der Waals surface area contributed by atoms with Crippen LogP contribution in [0.3, 0.4) is 0 Å². The number of allylic oxidation sites excluding steroid dienone is 1. The molecule has 0 heterocycles. The number of hydrogen-bond acceptors (Lipinski definition) is 5. The van der Waals surface area contributed by atoms with Crippen LogP contribution in [0.4, 0.5) is 5.69 Å². The highest BCUT2D eigenvalue weighted by atomic mass is 16.5. The van der Waals surface area contributed by atoms with Gasteiger partial charge in [-0.05, 0) is 54.0 Å². The molecule has 0 bridgehead atoms. The molecule has 0 fully saturated rings. The summed E-state index contributed by atoms with van der Waals surface area (Å²) in [5.41, 5.74) is 2.49. The van der Waals surface area contributed by atoms with Gasteiger partial charge in [0.15, 0.2) is 11.5 Å². The average molecular weight is 469 g/mol. The Balaban J connectivity index is 1.89. The van der Waals surface area contributed by atoms with Crippen LogP contribution in [-0.4, -0.2) is 24.1 Å². The number of nitrogens with zero attached hydrogens (tertiary/aromatic N) is 1. The van der Waals surface area contributed by atoms with E-state index in [0.717, 1.165) is 11.1 Å². The van der Waals surface area contributed by atoms with Gasteiger partial charge >= 0.3 is 5.97 Å². The first-order valence-corrected chi connectivity index (χ1v) is 10.7. The molecule has 0 radical (unpaired) electrons. The van der Waals surface area contributed by atoms with Crippen molar-refractivity contribution in [3.05, 3.63) is 107 Å². The summed E-state index contributed by atoms with van der Waals surface area (Å²) in [6.45, 7) is 4.15. The highest BCUT2D eigenvalue weighted by molar-refractivity contribution is 6.10. The Labute approximate surface area is 203 Å². The maximum absolute atomic E-state index is 12.7. The van der Waals surface area contributed by atoms with Crippen LogP contribution in [0.5, 0.6) is 11.5 Å². The number of nitriles is 1. The topological polar surface area (TPSA) is 109 Å². The van der Waals surface area contributed by atoms with Crippen molar-refractivity contribution >= 4 is 23.6 Å². The maximum atomic E-state index is 12.7. The number of hydrogen-bond donors (Lipinski definition) is 2. The largest absolute Gasteiger partial charge is 0.493 e. The van der Waals surface area contributed by atoms with E-state index in [0.29, 0.717) is 30.1 Å². The number of rotatable bonds is 10. The molecule has 0 atom stereocenters. The SMILES string of the molecule is C=CCc1cc(/C=C(/C#N)C(=O)Nc2cccc(C(=O)O)c2)cc(OC)c1OCc1ccccc1. The molecule has 0 saturated carbocycles. The quantitative estimate of drug-likeness (QED) is 0.239. The fourth-order valence-corrected chi connectivity index (χ4v) is 3.36. The predicted octanol–water partition coefficient (Wildman–Crippen LogP) is 5.25. The Bertz CT molecular complexity index is 1310. The summed E-state index contributed by atoms with van der Waals surface area (Å²) in [6, 6.07) is 20.9. The lowest BCUT2D eigenvalue weighted by atomic mass is 10.0. The summed E-state index contributed by atoms with van der Waals surface area (Å²) in [5.74, 6) is -0.766. The minimum absolute atomic E-state index is 0.0233. The van der Waals surface area contributed by atoms with Crippen LogP contribution in [0.1, 0.15) is 27.0 Å². The summed E-state index contributed by atoms with van der Waals surface area (Å²) < 4.78 is 11.6. The van der Waals surface area contributed by atoms with Crippen LogP contribution < -0.4 is 14.8 Å². The number of carboxylic acids is 1. The van der Waals surface area contributed by atoms with Crippen molar-refractivity contribution in [1.82, 2.24) is 0 Å². The van der Waals surface area contributed by atoms with Crippen molar-refractivity contribution in [3.8, 4) is 17.6 Å². The second kappa shape index (κ2) is 11.9. The van der Waals surface area contributed by atoms with E-state index in [2.05, 4.69) is 11.9 Å². The van der Waals surface area contributed by atoms with Crippen LogP contribution in [0.25, 0.3) is 6.08 Å². The predicted molar refractivity (Wildman–Crippen MR) is 133 cm³/mol. The Kier molecular flexibility index (Phi) is 8.41. The molecule has 2 N–H and O–H groups in total. The molecule has 0 aromatic heterocycles.